The summed E-state index contributed by atoms with van der Waals surface area (Å²) in [6.45, 7) is 3.90. The van der Waals surface area contributed by atoms with Crippen LogP contribution in [0.3, 0.4) is 0 Å². The molecule has 1 aromatic heterocycles. The first kappa shape index (κ1) is 20.9. The van der Waals surface area contributed by atoms with Crippen molar-refractivity contribution in [3.63, 3.8) is 0 Å². The van der Waals surface area contributed by atoms with Crippen LogP contribution < -0.4 is 10.2 Å². The molecule has 0 amide bonds. The Balaban J connectivity index is 0.00000225. The predicted octanol–water partition coefficient (Wildman–Crippen LogP) is 5.51. The molecule has 0 spiro atoms. The Hall–Kier alpha value is -1.82. The molecule has 4 rings (SSSR count). The van der Waals surface area contributed by atoms with E-state index in [1.807, 2.05) is 30.3 Å². The molecule has 6 heteroatoms. The molecular formula is C22H23BrClNO3. The molecule has 1 aliphatic heterocycles. The molecule has 0 N–H and O–H groups in total. The minimum atomic E-state index is -0.0292. The van der Waals surface area contributed by atoms with Crippen LogP contribution in [-0.4, -0.2) is 31.1 Å². The van der Waals surface area contributed by atoms with Crippen LogP contribution in [0.25, 0.3) is 22.1 Å². The van der Waals surface area contributed by atoms with Gasteiger partial charge in [-0.1, -0.05) is 34.5 Å². The minimum Gasteiger partial charge on any atom is -0.492 e. The van der Waals surface area contributed by atoms with E-state index in [4.69, 9.17) is 9.15 Å². The summed E-state index contributed by atoms with van der Waals surface area (Å²) >= 11 is 3.41. The zero-order valence-corrected chi connectivity index (χ0v) is 17.9. The summed E-state index contributed by atoms with van der Waals surface area (Å²) in [6.07, 6.45) is 5.43. The SMILES string of the molecule is Cl.O=c1c(-c2ccc(Br)cc2)coc2cc(OCCN3CCCCC3)ccc12. The van der Waals surface area contributed by atoms with E-state index < -0.39 is 0 Å². The molecule has 0 radical (unpaired) electrons. The Bertz CT molecular complexity index is 981. The van der Waals surface area contributed by atoms with Gasteiger partial charge >= 0.3 is 0 Å². The highest BCUT2D eigenvalue weighted by Gasteiger charge is 2.12. The molecular weight excluding hydrogens is 442 g/mol. The summed E-state index contributed by atoms with van der Waals surface area (Å²) in [4.78, 5) is 15.3. The van der Waals surface area contributed by atoms with Crippen LogP contribution in [0.5, 0.6) is 5.75 Å². The molecule has 2 heterocycles. The molecule has 1 fully saturated rings. The summed E-state index contributed by atoms with van der Waals surface area (Å²) < 4.78 is 12.6. The normalized spacial score (nSPS) is 14.6. The van der Waals surface area contributed by atoms with Crippen molar-refractivity contribution in [1.82, 2.24) is 4.90 Å². The van der Waals surface area contributed by atoms with Crippen LogP contribution in [0.15, 0.2) is 62.4 Å². The summed E-state index contributed by atoms with van der Waals surface area (Å²) in [7, 11) is 0. The molecule has 148 valence electrons. The van der Waals surface area contributed by atoms with Crippen LogP contribution in [0, 0.1) is 0 Å². The summed E-state index contributed by atoms with van der Waals surface area (Å²) in [6, 6.07) is 13.1. The molecule has 0 aliphatic carbocycles. The molecule has 2 aromatic carbocycles. The Kier molecular flexibility index (Phi) is 7.16. The number of halogens is 2. The van der Waals surface area contributed by atoms with Crippen LogP contribution in [0.2, 0.25) is 0 Å². The topological polar surface area (TPSA) is 42.7 Å². The largest absolute Gasteiger partial charge is 0.492 e. The van der Waals surface area contributed by atoms with Crippen molar-refractivity contribution in [2.75, 3.05) is 26.2 Å². The van der Waals surface area contributed by atoms with E-state index in [2.05, 4.69) is 20.8 Å². The number of likely N-dealkylation sites (tertiary alicyclic amines) is 1. The third-order valence-corrected chi connectivity index (χ3v) is 5.55. The molecule has 0 bridgehead atoms. The van der Waals surface area contributed by atoms with Crippen molar-refractivity contribution in [3.8, 4) is 16.9 Å². The monoisotopic (exact) mass is 463 g/mol. The summed E-state index contributed by atoms with van der Waals surface area (Å²) in [5, 5.41) is 0.568. The highest BCUT2D eigenvalue weighted by atomic mass is 79.9. The number of rotatable bonds is 5. The molecule has 0 unspecified atom stereocenters. The second-order valence-electron chi connectivity index (χ2n) is 6.89. The van der Waals surface area contributed by atoms with Crippen molar-refractivity contribution in [2.24, 2.45) is 0 Å². The van der Waals surface area contributed by atoms with Gasteiger partial charge in [-0.15, -0.1) is 12.4 Å². The Labute approximate surface area is 179 Å². The number of benzene rings is 2. The lowest BCUT2D eigenvalue weighted by atomic mass is 10.1. The van der Waals surface area contributed by atoms with Crippen molar-refractivity contribution < 1.29 is 9.15 Å². The Morgan fingerprint density at radius 1 is 1.04 bits per heavy atom. The minimum absolute atomic E-state index is 0. The first-order valence-corrected chi connectivity index (χ1v) is 10.2. The predicted molar refractivity (Wildman–Crippen MR) is 119 cm³/mol. The maximum atomic E-state index is 12.8. The van der Waals surface area contributed by atoms with Gasteiger partial charge in [0.2, 0.25) is 0 Å². The van der Waals surface area contributed by atoms with Gasteiger partial charge in [-0.05, 0) is 55.8 Å². The van der Waals surface area contributed by atoms with E-state index in [9.17, 15) is 4.79 Å². The number of piperidine rings is 1. The smallest absolute Gasteiger partial charge is 0.200 e. The second kappa shape index (κ2) is 9.59. The van der Waals surface area contributed by atoms with E-state index in [1.165, 1.54) is 25.5 Å². The van der Waals surface area contributed by atoms with E-state index in [0.29, 0.717) is 23.1 Å². The van der Waals surface area contributed by atoms with Gasteiger partial charge in [-0.3, -0.25) is 9.69 Å². The number of hydrogen-bond donors (Lipinski definition) is 0. The fourth-order valence-corrected chi connectivity index (χ4v) is 3.77. The maximum absolute atomic E-state index is 12.8. The second-order valence-corrected chi connectivity index (χ2v) is 7.81. The average Bonchev–Trinajstić information content (AvgIpc) is 2.70. The van der Waals surface area contributed by atoms with Gasteiger partial charge in [0.05, 0.1) is 10.9 Å². The molecule has 1 aliphatic rings. The lowest BCUT2D eigenvalue weighted by molar-refractivity contribution is 0.183. The molecule has 1 saturated heterocycles. The van der Waals surface area contributed by atoms with Gasteiger partial charge in [0.15, 0.2) is 5.43 Å². The van der Waals surface area contributed by atoms with Gasteiger partial charge in [0.1, 0.15) is 24.2 Å². The zero-order chi connectivity index (χ0) is 18.6. The van der Waals surface area contributed by atoms with Crippen LogP contribution >= 0.6 is 28.3 Å². The quantitative estimate of drug-likeness (QED) is 0.499. The number of hydrogen-bond acceptors (Lipinski definition) is 4. The van der Waals surface area contributed by atoms with Crippen molar-refractivity contribution >= 4 is 39.3 Å². The van der Waals surface area contributed by atoms with Crippen molar-refractivity contribution in [2.45, 2.75) is 19.3 Å². The van der Waals surface area contributed by atoms with Crippen LogP contribution in [-0.2, 0) is 0 Å². The van der Waals surface area contributed by atoms with Gasteiger partial charge in [-0.25, -0.2) is 0 Å². The Morgan fingerprint density at radius 2 is 1.79 bits per heavy atom. The Morgan fingerprint density at radius 3 is 2.54 bits per heavy atom. The molecule has 0 atom stereocenters. The van der Waals surface area contributed by atoms with Crippen molar-refractivity contribution in [3.05, 3.63) is 63.4 Å². The highest BCUT2D eigenvalue weighted by molar-refractivity contribution is 9.10. The van der Waals surface area contributed by atoms with E-state index >= 15 is 0 Å². The summed E-state index contributed by atoms with van der Waals surface area (Å²) in [5.74, 6) is 0.735. The maximum Gasteiger partial charge on any atom is 0.200 e. The standard InChI is InChI=1S/C22H22BrNO3.ClH/c23-17-6-4-16(5-7-17)20-15-27-21-14-18(8-9-19(21)22(20)25)26-13-12-24-10-2-1-3-11-24;/h4-9,14-15H,1-3,10-13H2;1H. The first-order valence-electron chi connectivity index (χ1n) is 9.37. The molecule has 4 nitrogen and oxygen atoms in total. The van der Waals surface area contributed by atoms with Gasteiger partial charge < -0.3 is 9.15 Å². The fraction of sp³-hybridized carbons (Fsp3) is 0.318. The fourth-order valence-electron chi connectivity index (χ4n) is 3.50. The lowest BCUT2D eigenvalue weighted by Crippen LogP contribution is -2.33. The molecule has 3 aromatic rings. The zero-order valence-electron chi connectivity index (χ0n) is 15.5. The molecule has 0 saturated carbocycles. The number of fused-ring (bicyclic) bond motifs is 1. The average molecular weight is 465 g/mol. The van der Waals surface area contributed by atoms with Gasteiger partial charge in [0.25, 0.3) is 0 Å². The highest BCUT2D eigenvalue weighted by Crippen LogP contribution is 2.24. The van der Waals surface area contributed by atoms with E-state index in [1.54, 1.807) is 12.1 Å². The van der Waals surface area contributed by atoms with Crippen LogP contribution in [0.4, 0.5) is 0 Å². The molecule has 28 heavy (non-hydrogen) atoms. The number of nitrogens with zero attached hydrogens (tertiary/aromatic N) is 1. The van der Waals surface area contributed by atoms with Gasteiger partial charge in [0, 0.05) is 17.1 Å². The van der Waals surface area contributed by atoms with E-state index in [-0.39, 0.29) is 17.8 Å². The lowest BCUT2D eigenvalue weighted by Gasteiger charge is -2.26. The first-order chi connectivity index (χ1) is 13.2. The van der Waals surface area contributed by atoms with Crippen LogP contribution in [0.1, 0.15) is 19.3 Å². The number of ether oxygens (including phenoxy) is 1. The third kappa shape index (κ3) is 4.77. The van der Waals surface area contributed by atoms with E-state index in [0.717, 1.165) is 35.4 Å². The third-order valence-electron chi connectivity index (χ3n) is 5.03. The van der Waals surface area contributed by atoms with Gasteiger partial charge in [-0.2, -0.15) is 0 Å². The summed E-state index contributed by atoms with van der Waals surface area (Å²) in [5.41, 5.74) is 1.93. The van der Waals surface area contributed by atoms with Crippen molar-refractivity contribution in [1.29, 1.82) is 0 Å².